The van der Waals surface area contributed by atoms with Crippen LogP contribution >= 0.6 is 0 Å². The van der Waals surface area contributed by atoms with Crippen molar-refractivity contribution in [2.24, 2.45) is 0 Å². The SMILES string of the molecule is C#Cc1ccc(N2CCN(CCOC)C(CCC)C2)nc1. The lowest BCUT2D eigenvalue weighted by Crippen LogP contribution is -2.54. The fraction of sp³-hybridized carbons (Fsp3) is 0.588. The molecular formula is C17H25N3O. The van der Waals surface area contributed by atoms with Crippen LogP contribution in [0.1, 0.15) is 25.3 Å². The zero-order chi connectivity index (χ0) is 15.1. The van der Waals surface area contributed by atoms with Crippen molar-refractivity contribution in [3.8, 4) is 12.3 Å². The molecule has 0 radical (unpaired) electrons. The number of rotatable bonds is 6. The summed E-state index contributed by atoms with van der Waals surface area (Å²) in [7, 11) is 1.77. The number of terminal acetylenes is 1. The van der Waals surface area contributed by atoms with Crippen molar-refractivity contribution in [3.05, 3.63) is 23.9 Å². The summed E-state index contributed by atoms with van der Waals surface area (Å²) in [5.74, 6) is 3.64. The fourth-order valence-electron chi connectivity index (χ4n) is 2.87. The molecule has 1 atom stereocenters. The monoisotopic (exact) mass is 287 g/mol. The van der Waals surface area contributed by atoms with Gasteiger partial charge in [-0.15, -0.1) is 6.42 Å². The lowest BCUT2D eigenvalue weighted by atomic mass is 10.1. The van der Waals surface area contributed by atoms with Crippen molar-refractivity contribution >= 4 is 5.82 Å². The standard InChI is InChI=1S/C17H25N3O/c1-4-6-16-14-20(10-9-19(16)11-12-21-3)17-8-7-15(5-2)13-18-17/h2,7-8,13,16H,4,6,9-12,14H2,1,3H3. The molecule has 4 nitrogen and oxygen atoms in total. The van der Waals surface area contributed by atoms with Gasteiger partial charge in [-0.1, -0.05) is 19.3 Å². The Morgan fingerprint density at radius 1 is 1.43 bits per heavy atom. The molecule has 0 saturated carbocycles. The van der Waals surface area contributed by atoms with Gasteiger partial charge >= 0.3 is 0 Å². The van der Waals surface area contributed by atoms with Crippen LogP contribution in [-0.2, 0) is 4.74 Å². The molecule has 0 spiro atoms. The first-order chi connectivity index (χ1) is 10.3. The number of piperazine rings is 1. The number of hydrogen-bond donors (Lipinski definition) is 0. The Bertz CT molecular complexity index is 466. The van der Waals surface area contributed by atoms with Crippen molar-refractivity contribution < 1.29 is 4.74 Å². The van der Waals surface area contributed by atoms with Crippen LogP contribution in [0.25, 0.3) is 0 Å². The van der Waals surface area contributed by atoms with Crippen LogP contribution in [0.2, 0.25) is 0 Å². The maximum Gasteiger partial charge on any atom is 0.128 e. The molecular weight excluding hydrogens is 262 g/mol. The van der Waals surface area contributed by atoms with E-state index in [1.54, 1.807) is 13.3 Å². The molecule has 0 bridgehead atoms. The van der Waals surface area contributed by atoms with Gasteiger partial charge in [-0.2, -0.15) is 0 Å². The minimum absolute atomic E-state index is 0.577. The molecule has 1 unspecified atom stereocenters. The van der Waals surface area contributed by atoms with E-state index in [1.807, 2.05) is 12.1 Å². The van der Waals surface area contributed by atoms with E-state index in [0.29, 0.717) is 6.04 Å². The number of aromatic nitrogens is 1. The highest BCUT2D eigenvalue weighted by atomic mass is 16.5. The molecule has 0 amide bonds. The Labute approximate surface area is 128 Å². The molecule has 1 saturated heterocycles. The van der Waals surface area contributed by atoms with Crippen LogP contribution < -0.4 is 4.90 Å². The second-order valence-corrected chi connectivity index (χ2v) is 5.47. The van der Waals surface area contributed by atoms with Crippen LogP contribution in [0.15, 0.2) is 18.3 Å². The van der Waals surface area contributed by atoms with E-state index in [0.717, 1.165) is 44.2 Å². The van der Waals surface area contributed by atoms with E-state index in [1.165, 1.54) is 12.8 Å². The largest absolute Gasteiger partial charge is 0.383 e. The first-order valence-corrected chi connectivity index (χ1v) is 7.69. The summed E-state index contributed by atoms with van der Waals surface area (Å²) in [5, 5.41) is 0. The first-order valence-electron chi connectivity index (χ1n) is 7.69. The molecule has 1 aliphatic rings. The zero-order valence-corrected chi connectivity index (χ0v) is 13.1. The quantitative estimate of drug-likeness (QED) is 0.748. The number of nitrogens with zero attached hydrogens (tertiary/aromatic N) is 3. The van der Waals surface area contributed by atoms with E-state index >= 15 is 0 Å². The van der Waals surface area contributed by atoms with E-state index in [4.69, 9.17) is 11.2 Å². The maximum atomic E-state index is 5.38. The second-order valence-electron chi connectivity index (χ2n) is 5.47. The van der Waals surface area contributed by atoms with E-state index in [9.17, 15) is 0 Å². The van der Waals surface area contributed by atoms with Gasteiger partial charge in [0.05, 0.1) is 6.61 Å². The Hall–Kier alpha value is -1.57. The molecule has 1 aromatic rings. The van der Waals surface area contributed by atoms with Crippen LogP contribution in [0.3, 0.4) is 0 Å². The topological polar surface area (TPSA) is 28.6 Å². The average Bonchev–Trinajstić information content (AvgIpc) is 2.54. The molecule has 2 heterocycles. The van der Waals surface area contributed by atoms with Gasteiger partial charge in [-0.3, -0.25) is 4.90 Å². The van der Waals surface area contributed by atoms with Gasteiger partial charge in [0.2, 0.25) is 0 Å². The number of anilines is 1. The molecule has 0 aromatic carbocycles. The highest BCUT2D eigenvalue weighted by Gasteiger charge is 2.26. The summed E-state index contributed by atoms with van der Waals surface area (Å²) in [6.07, 6.45) is 9.57. The van der Waals surface area contributed by atoms with Gasteiger partial charge in [0.15, 0.2) is 0 Å². The Morgan fingerprint density at radius 3 is 2.90 bits per heavy atom. The average molecular weight is 287 g/mol. The molecule has 21 heavy (non-hydrogen) atoms. The number of ether oxygens (including phenoxy) is 1. The highest BCUT2D eigenvalue weighted by Crippen LogP contribution is 2.19. The third kappa shape index (κ3) is 4.20. The third-order valence-corrected chi connectivity index (χ3v) is 4.05. The predicted molar refractivity (Wildman–Crippen MR) is 86.5 cm³/mol. The summed E-state index contributed by atoms with van der Waals surface area (Å²) in [4.78, 5) is 9.40. The molecule has 4 heteroatoms. The van der Waals surface area contributed by atoms with E-state index < -0.39 is 0 Å². The van der Waals surface area contributed by atoms with Crippen molar-refractivity contribution in [1.29, 1.82) is 0 Å². The molecule has 2 rings (SSSR count). The molecule has 1 fully saturated rings. The second kappa shape index (κ2) is 8.02. The van der Waals surface area contributed by atoms with Gasteiger partial charge in [0.1, 0.15) is 5.82 Å². The number of pyridine rings is 1. The van der Waals surface area contributed by atoms with Gasteiger partial charge in [-0.05, 0) is 18.6 Å². The summed E-state index contributed by atoms with van der Waals surface area (Å²) in [6.45, 7) is 7.15. The number of hydrogen-bond acceptors (Lipinski definition) is 4. The minimum Gasteiger partial charge on any atom is -0.383 e. The summed E-state index contributed by atoms with van der Waals surface area (Å²) in [6, 6.07) is 4.57. The summed E-state index contributed by atoms with van der Waals surface area (Å²) in [5.41, 5.74) is 0.836. The molecule has 0 aliphatic carbocycles. The molecule has 0 N–H and O–H groups in total. The Balaban J connectivity index is 2.01. The Kier molecular flexibility index (Phi) is 6.04. The van der Waals surface area contributed by atoms with E-state index in [-0.39, 0.29) is 0 Å². The normalized spacial score (nSPS) is 19.5. The van der Waals surface area contributed by atoms with E-state index in [2.05, 4.69) is 27.6 Å². The van der Waals surface area contributed by atoms with Gasteiger partial charge in [0.25, 0.3) is 0 Å². The zero-order valence-electron chi connectivity index (χ0n) is 13.1. The van der Waals surface area contributed by atoms with Gasteiger partial charge < -0.3 is 9.64 Å². The molecule has 1 aromatic heterocycles. The minimum atomic E-state index is 0.577. The van der Waals surface area contributed by atoms with Crippen molar-refractivity contribution in [2.75, 3.05) is 44.8 Å². The summed E-state index contributed by atoms with van der Waals surface area (Å²) < 4.78 is 5.22. The number of methoxy groups -OCH3 is 1. The summed E-state index contributed by atoms with van der Waals surface area (Å²) >= 11 is 0. The third-order valence-electron chi connectivity index (χ3n) is 4.05. The lowest BCUT2D eigenvalue weighted by Gasteiger charge is -2.42. The van der Waals surface area contributed by atoms with Crippen molar-refractivity contribution in [1.82, 2.24) is 9.88 Å². The molecule has 1 aliphatic heterocycles. The van der Waals surface area contributed by atoms with Crippen LogP contribution in [-0.4, -0.2) is 55.8 Å². The van der Waals surface area contributed by atoms with Gasteiger partial charge in [0, 0.05) is 51.1 Å². The molecule has 114 valence electrons. The van der Waals surface area contributed by atoms with Crippen LogP contribution in [0.5, 0.6) is 0 Å². The first kappa shape index (κ1) is 15.8. The van der Waals surface area contributed by atoms with Crippen molar-refractivity contribution in [2.45, 2.75) is 25.8 Å². The lowest BCUT2D eigenvalue weighted by molar-refractivity contribution is 0.107. The maximum absolute atomic E-state index is 5.38. The predicted octanol–water partition coefficient (Wildman–Crippen LogP) is 2.00. The smallest absolute Gasteiger partial charge is 0.128 e. The van der Waals surface area contributed by atoms with Crippen LogP contribution in [0, 0.1) is 12.3 Å². The van der Waals surface area contributed by atoms with Crippen molar-refractivity contribution in [3.63, 3.8) is 0 Å². The fourth-order valence-corrected chi connectivity index (χ4v) is 2.87. The van der Waals surface area contributed by atoms with Crippen LogP contribution in [0.4, 0.5) is 5.82 Å². The Morgan fingerprint density at radius 2 is 2.29 bits per heavy atom. The highest BCUT2D eigenvalue weighted by molar-refractivity contribution is 5.43. The van der Waals surface area contributed by atoms with Gasteiger partial charge in [-0.25, -0.2) is 4.98 Å².